The molecular weight excluding hydrogens is 332 g/mol. The number of allylic oxidation sites excluding steroid dienone is 1. The quantitative estimate of drug-likeness (QED) is 0.859. The number of hydrogen-bond acceptors (Lipinski definition) is 5. The van der Waals surface area contributed by atoms with E-state index in [4.69, 9.17) is 14.2 Å². The number of phenolic OH excluding ortho intramolecular Hbond substituents is 1. The SMILES string of the molecule is COc1c2cc(c(OC)c1O)Oc1ccc(cc1)CCC(=O)CC/C=C/2. The summed E-state index contributed by atoms with van der Waals surface area (Å²) in [5.74, 6) is 1.63. The second-order valence-electron chi connectivity index (χ2n) is 6.10. The minimum atomic E-state index is -0.121. The molecule has 0 spiro atoms. The zero-order chi connectivity index (χ0) is 18.5. The molecule has 2 aromatic rings. The third-order valence-electron chi connectivity index (χ3n) is 4.34. The lowest BCUT2D eigenvalue weighted by atomic mass is 10.0. The van der Waals surface area contributed by atoms with Crippen LogP contribution in [0, 0.1) is 0 Å². The van der Waals surface area contributed by atoms with Crippen molar-refractivity contribution in [3.8, 4) is 28.7 Å². The van der Waals surface area contributed by atoms with Crippen LogP contribution in [0.3, 0.4) is 0 Å². The van der Waals surface area contributed by atoms with Crippen molar-refractivity contribution in [3.05, 3.63) is 47.5 Å². The summed E-state index contributed by atoms with van der Waals surface area (Å²) in [6.45, 7) is 0. The van der Waals surface area contributed by atoms with Crippen molar-refractivity contribution in [2.45, 2.75) is 25.7 Å². The fraction of sp³-hybridized carbons (Fsp3) is 0.286. The number of hydrogen-bond donors (Lipinski definition) is 1. The zero-order valence-electron chi connectivity index (χ0n) is 15.0. The number of methoxy groups -OCH3 is 2. The Bertz CT molecular complexity index is 821. The number of ketones is 1. The highest BCUT2D eigenvalue weighted by Crippen LogP contribution is 2.47. The minimum absolute atomic E-state index is 0.121. The van der Waals surface area contributed by atoms with Crippen LogP contribution in [0.4, 0.5) is 0 Å². The number of aromatic hydroxyl groups is 1. The second-order valence-corrected chi connectivity index (χ2v) is 6.10. The molecule has 0 saturated heterocycles. The Morgan fingerprint density at radius 2 is 1.73 bits per heavy atom. The largest absolute Gasteiger partial charge is 0.502 e. The van der Waals surface area contributed by atoms with E-state index in [1.165, 1.54) is 14.2 Å². The summed E-state index contributed by atoms with van der Waals surface area (Å²) in [5.41, 5.74) is 1.74. The fourth-order valence-corrected chi connectivity index (χ4v) is 2.95. The molecule has 1 N–H and O–H groups in total. The summed E-state index contributed by atoms with van der Waals surface area (Å²) in [6, 6.07) is 9.32. The van der Waals surface area contributed by atoms with Crippen molar-refractivity contribution in [2.24, 2.45) is 0 Å². The van der Waals surface area contributed by atoms with E-state index in [-0.39, 0.29) is 17.3 Å². The van der Waals surface area contributed by atoms with E-state index in [9.17, 15) is 9.90 Å². The van der Waals surface area contributed by atoms with Gasteiger partial charge >= 0.3 is 0 Å². The molecule has 136 valence electrons. The van der Waals surface area contributed by atoms with E-state index in [1.807, 2.05) is 36.4 Å². The van der Waals surface area contributed by atoms with Crippen LogP contribution in [0.5, 0.6) is 28.7 Å². The lowest BCUT2D eigenvalue weighted by molar-refractivity contribution is -0.118. The standard InChI is InChI=1S/C21H22O5/c1-24-20-15-5-3-4-6-16(22)10-7-14-8-11-17(12-9-14)26-18(13-15)21(25-2)19(20)23/h3,5,8-9,11-13,23H,4,6-7,10H2,1-2H3/b5-3+. The number of benzene rings is 2. The highest BCUT2D eigenvalue weighted by molar-refractivity contribution is 5.79. The molecule has 2 heterocycles. The summed E-state index contributed by atoms with van der Waals surface area (Å²) < 4.78 is 16.6. The van der Waals surface area contributed by atoms with Gasteiger partial charge in [-0.1, -0.05) is 24.3 Å². The number of carbonyl (C=O) groups excluding carboxylic acids is 1. The first kappa shape index (κ1) is 17.9. The summed E-state index contributed by atoms with van der Waals surface area (Å²) >= 11 is 0. The van der Waals surface area contributed by atoms with Crippen molar-refractivity contribution in [3.63, 3.8) is 0 Å². The summed E-state index contributed by atoms with van der Waals surface area (Å²) in [7, 11) is 2.95. The van der Waals surface area contributed by atoms with Gasteiger partial charge in [-0.05, 0) is 36.6 Å². The Labute approximate surface area is 152 Å². The number of carbonyl (C=O) groups is 1. The Kier molecular flexibility index (Phi) is 5.46. The molecule has 26 heavy (non-hydrogen) atoms. The molecule has 0 fully saturated rings. The summed E-state index contributed by atoms with van der Waals surface area (Å²) in [6.07, 6.45) is 6.08. The van der Waals surface area contributed by atoms with Gasteiger partial charge in [0.15, 0.2) is 11.5 Å². The van der Waals surface area contributed by atoms with Gasteiger partial charge in [-0.2, -0.15) is 0 Å². The number of aryl methyl sites for hydroxylation is 1. The molecule has 4 rings (SSSR count). The Balaban J connectivity index is 2.09. The van der Waals surface area contributed by atoms with Gasteiger partial charge in [-0.25, -0.2) is 0 Å². The van der Waals surface area contributed by atoms with E-state index in [0.717, 1.165) is 5.56 Å². The van der Waals surface area contributed by atoms with Crippen LogP contribution < -0.4 is 14.2 Å². The van der Waals surface area contributed by atoms with Crippen LogP contribution in [-0.4, -0.2) is 25.1 Å². The zero-order valence-corrected chi connectivity index (χ0v) is 15.0. The Morgan fingerprint density at radius 3 is 2.42 bits per heavy atom. The maximum Gasteiger partial charge on any atom is 0.207 e. The minimum Gasteiger partial charge on any atom is -0.502 e. The molecule has 2 aliphatic heterocycles. The molecule has 0 amide bonds. The van der Waals surface area contributed by atoms with E-state index in [2.05, 4.69) is 0 Å². The normalized spacial score (nSPS) is 15.5. The lowest BCUT2D eigenvalue weighted by Crippen LogP contribution is -1.99. The molecule has 0 atom stereocenters. The van der Waals surface area contributed by atoms with Crippen molar-refractivity contribution in [1.82, 2.24) is 0 Å². The van der Waals surface area contributed by atoms with Crippen LogP contribution in [0.15, 0.2) is 36.4 Å². The van der Waals surface area contributed by atoms with Crippen LogP contribution in [0.25, 0.3) is 6.08 Å². The summed E-state index contributed by atoms with van der Waals surface area (Å²) in [4.78, 5) is 12.0. The van der Waals surface area contributed by atoms with E-state index < -0.39 is 0 Å². The topological polar surface area (TPSA) is 65.0 Å². The second kappa shape index (κ2) is 7.95. The number of phenols is 1. The molecule has 0 aliphatic carbocycles. The van der Waals surface area contributed by atoms with Crippen molar-refractivity contribution >= 4 is 11.9 Å². The van der Waals surface area contributed by atoms with Gasteiger partial charge in [-0.15, -0.1) is 0 Å². The van der Waals surface area contributed by atoms with Gasteiger partial charge in [0.05, 0.1) is 14.2 Å². The molecule has 0 unspecified atom stereocenters. The molecule has 0 saturated carbocycles. The van der Waals surface area contributed by atoms with E-state index in [1.54, 1.807) is 6.07 Å². The van der Waals surface area contributed by atoms with Crippen molar-refractivity contribution in [2.75, 3.05) is 14.2 Å². The third kappa shape index (κ3) is 3.82. The molecular formula is C21H22O5. The van der Waals surface area contributed by atoms with Crippen LogP contribution >= 0.6 is 0 Å². The molecule has 2 aliphatic rings. The number of fused-ring (bicyclic) bond motifs is 7. The lowest BCUT2D eigenvalue weighted by Gasteiger charge is -2.16. The van der Waals surface area contributed by atoms with Crippen LogP contribution in [0.2, 0.25) is 0 Å². The molecule has 0 aromatic heterocycles. The average Bonchev–Trinajstić information content (AvgIpc) is 2.65. The fourth-order valence-electron chi connectivity index (χ4n) is 2.95. The molecule has 4 bridgehead atoms. The van der Waals surface area contributed by atoms with Gasteiger partial charge in [0.25, 0.3) is 0 Å². The monoisotopic (exact) mass is 354 g/mol. The number of ether oxygens (including phenoxy) is 3. The first-order valence-corrected chi connectivity index (χ1v) is 8.55. The van der Waals surface area contributed by atoms with Gasteiger partial charge in [0.1, 0.15) is 11.5 Å². The molecule has 2 aromatic carbocycles. The smallest absolute Gasteiger partial charge is 0.207 e. The summed E-state index contributed by atoms with van der Waals surface area (Å²) in [5, 5.41) is 10.5. The third-order valence-corrected chi connectivity index (χ3v) is 4.34. The predicted octanol–water partition coefficient (Wildman–Crippen LogP) is 4.51. The first-order chi connectivity index (χ1) is 12.6. The van der Waals surface area contributed by atoms with E-state index in [0.29, 0.717) is 48.5 Å². The Morgan fingerprint density at radius 1 is 1.00 bits per heavy atom. The first-order valence-electron chi connectivity index (χ1n) is 8.55. The van der Waals surface area contributed by atoms with Crippen LogP contribution in [-0.2, 0) is 11.2 Å². The molecule has 0 radical (unpaired) electrons. The maximum atomic E-state index is 12.0. The van der Waals surface area contributed by atoms with Crippen molar-refractivity contribution in [1.29, 1.82) is 0 Å². The number of rotatable bonds is 2. The maximum absolute atomic E-state index is 12.0. The van der Waals surface area contributed by atoms with Gasteiger partial charge in [-0.3, -0.25) is 4.79 Å². The number of Topliss-reactive ketones (excluding diaryl/α,β-unsaturated/α-hetero) is 1. The van der Waals surface area contributed by atoms with E-state index >= 15 is 0 Å². The highest BCUT2D eigenvalue weighted by atomic mass is 16.5. The van der Waals surface area contributed by atoms with Gasteiger partial charge < -0.3 is 19.3 Å². The van der Waals surface area contributed by atoms with Crippen molar-refractivity contribution < 1.29 is 24.1 Å². The van der Waals surface area contributed by atoms with Gasteiger partial charge in [0.2, 0.25) is 11.5 Å². The van der Waals surface area contributed by atoms with Crippen LogP contribution in [0.1, 0.15) is 30.4 Å². The predicted molar refractivity (Wildman–Crippen MR) is 99.3 cm³/mol. The average molecular weight is 354 g/mol. The highest BCUT2D eigenvalue weighted by Gasteiger charge is 2.20. The molecule has 5 heteroatoms. The Hall–Kier alpha value is -2.95. The molecule has 5 nitrogen and oxygen atoms in total. The van der Waals surface area contributed by atoms with Gasteiger partial charge in [0, 0.05) is 18.4 Å².